The summed E-state index contributed by atoms with van der Waals surface area (Å²) in [5, 5.41) is 6.94. The molecule has 1 aromatic heterocycles. The molecule has 16 heavy (non-hydrogen) atoms. The Morgan fingerprint density at radius 2 is 2.44 bits per heavy atom. The molecule has 3 nitrogen and oxygen atoms in total. The van der Waals surface area contributed by atoms with E-state index in [9.17, 15) is 0 Å². The molecule has 1 aromatic rings. The van der Waals surface area contributed by atoms with Gasteiger partial charge in [0.05, 0.1) is 10.7 Å². The van der Waals surface area contributed by atoms with E-state index in [4.69, 9.17) is 4.98 Å². The van der Waals surface area contributed by atoms with E-state index in [0.717, 1.165) is 26.1 Å². The van der Waals surface area contributed by atoms with Crippen LogP contribution >= 0.6 is 11.3 Å². The van der Waals surface area contributed by atoms with Crippen LogP contribution in [-0.4, -0.2) is 42.6 Å². The summed E-state index contributed by atoms with van der Waals surface area (Å²) in [5.74, 6) is 0.548. The lowest BCUT2D eigenvalue weighted by molar-refractivity contribution is 0.199. The maximum atomic E-state index is 4.70. The predicted octanol–water partition coefficient (Wildman–Crippen LogP) is 1.71. The topological polar surface area (TPSA) is 28.2 Å². The summed E-state index contributed by atoms with van der Waals surface area (Å²) in [6, 6.07) is 0.611. The maximum Gasteiger partial charge on any atom is 0.0944 e. The van der Waals surface area contributed by atoms with Crippen molar-refractivity contribution in [1.29, 1.82) is 0 Å². The van der Waals surface area contributed by atoms with E-state index >= 15 is 0 Å². The molecule has 1 N–H and O–H groups in total. The number of piperazine rings is 1. The van der Waals surface area contributed by atoms with Crippen molar-refractivity contribution < 1.29 is 0 Å². The molecule has 2 rings (SSSR count). The van der Waals surface area contributed by atoms with Gasteiger partial charge in [0.25, 0.3) is 0 Å². The summed E-state index contributed by atoms with van der Waals surface area (Å²) >= 11 is 1.81. The number of hydrogen-bond donors (Lipinski definition) is 1. The Balaban J connectivity index is 1.97. The normalized spacial score (nSPS) is 22.9. The molecule has 0 aliphatic carbocycles. The first-order valence-corrected chi connectivity index (χ1v) is 6.90. The third kappa shape index (κ3) is 2.81. The molecule has 0 spiro atoms. The molecule has 1 aliphatic rings. The number of hydrogen-bond acceptors (Lipinski definition) is 4. The number of likely N-dealkylation sites (N-methyl/N-ethyl adjacent to an activating group) is 1. The Hall–Kier alpha value is -0.450. The summed E-state index contributed by atoms with van der Waals surface area (Å²) in [6.07, 6.45) is 1.08. The van der Waals surface area contributed by atoms with Crippen LogP contribution in [0.25, 0.3) is 0 Å². The lowest BCUT2D eigenvalue weighted by Gasteiger charge is -2.32. The van der Waals surface area contributed by atoms with Gasteiger partial charge in [-0.2, -0.15) is 0 Å². The Kier molecular flexibility index (Phi) is 3.95. The minimum atomic E-state index is 0.548. The molecule has 4 heteroatoms. The van der Waals surface area contributed by atoms with Crippen LogP contribution in [0.4, 0.5) is 0 Å². The smallest absolute Gasteiger partial charge is 0.0944 e. The van der Waals surface area contributed by atoms with Crippen LogP contribution < -0.4 is 5.32 Å². The van der Waals surface area contributed by atoms with Crippen molar-refractivity contribution in [3.8, 4) is 0 Å². The van der Waals surface area contributed by atoms with Crippen molar-refractivity contribution in [1.82, 2.24) is 15.2 Å². The quantitative estimate of drug-likeness (QED) is 0.870. The first kappa shape index (κ1) is 12.0. The van der Waals surface area contributed by atoms with Crippen LogP contribution in [0.15, 0.2) is 5.38 Å². The molecule has 0 bridgehead atoms. The minimum Gasteiger partial charge on any atom is -0.314 e. The molecular weight excluding hydrogens is 218 g/mol. The van der Waals surface area contributed by atoms with Crippen molar-refractivity contribution in [2.24, 2.45) is 0 Å². The van der Waals surface area contributed by atoms with Gasteiger partial charge in [0.2, 0.25) is 0 Å². The molecule has 1 unspecified atom stereocenters. The minimum absolute atomic E-state index is 0.548. The zero-order valence-electron chi connectivity index (χ0n) is 10.4. The SMILES string of the molecule is CC(C)c1csc(CC2CNCCN2C)n1. The van der Waals surface area contributed by atoms with Crippen LogP contribution in [0.3, 0.4) is 0 Å². The van der Waals surface area contributed by atoms with E-state index in [2.05, 4.69) is 36.5 Å². The molecule has 1 atom stereocenters. The molecule has 0 aromatic carbocycles. The van der Waals surface area contributed by atoms with E-state index in [1.165, 1.54) is 10.7 Å². The van der Waals surface area contributed by atoms with Gasteiger partial charge in [0, 0.05) is 37.5 Å². The van der Waals surface area contributed by atoms with Gasteiger partial charge < -0.3 is 10.2 Å². The highest BCUT2D eigenvalue weighted by Crippen LogP contribution is 2.19. The van der Waals surface area contributed by atoms with Crippen molar-refractivity contribution in [3.05, 3.63) is 16.1 Å². The highest BCUT2D eigenvalue weighted by atomic mass is 32.1. The average Bonchev–Trinajstić information content (AvgIpc) is 2.70. The van der Waals surface area contributed by atoms with Crippen LogP contribution in [0.5, 0.6) is 0 Å². The standard InChI is InChI=1S/C12H21N3S/c1-9(2)11-8-16-12(14-11)6-10-7-13-4-5-15(10)3/h8-10,13H,4-7H2,1-3H3. The summed E-state index contributed by atoms with van der Waals surface area (Å²) in [6.45, 7) is 7.75. The zero-order chi connectivity index (χ0) is 11.5. The fourth-order valence-electron chi connectivity index (χ4n) is 1.98. The molecule has 90 valence electrons. The number of rotatable bonds is 3. The van der Waals surface area contributed by atoms with E-state index in [0.29, 0.717) is 12.0 Å². The number of nitrogens with one attached hydrogen (secondary N) is 1. The summed E-state index contributed by atoms with van der Waals surface area (Å²) < 4.78 is 0. The fraction of sp³-hybridized carbons (Fsp3) is 0.750. The maximum absolute atomic E-state index is 4.70. The monoisotopic (exact) mass is 239 g/mol. The van der Waals surface area contributed by atoms with E-state index in [-0.39, 0.29) is 0 Å². The van der Waals surface area contributed by atoms with Crippen molar-refractivity contribution >= 4 is 11.3 Å². The van der Waals surface area contributed by atoms with Gasteiger partial charge in [-0.25, -0.2) is 4.98 Å². The Labute approximate surface area is 102 Å². The van der Waals surface area contributed by atoms with Gasteiger partial charge in [-0.1, -0.05) is 13.8 Å². The molecule has 1 saturated heterocycles. The molecular formula is C12H21N3S. The first-order chi connectivity index (χ1) is 7.66. The highest BCUT2D eigenvalue weighted by molar-refractivity contribution is 7.09. The zero-order valence-corrected chi connectivity index (χ0v) is 11.2. The fourth-order valence-corrected chi connectivity index (χ4v) is 3.00. The van der Waals surface area contributed by atoms with Crippen molar-refractivity contribution in [2.45, 2.75) is 32.2 Å². The summed E-state index contributed by atoms with van der Waals surface area (Å²) in [4.78, 5) is 7.14. The molecule has 0 saturated carbocycles. The number of thiazole rings is 1. The van der Waals surface area contributed by atoms with Gasteiger partial charge in [0.15, 0.2) is 0 Å². The number of nitrogens with zero attached hydrogens (tertiary/aromatic N) is 2. The van der Waals surface area contributed by atoms with Crippen LogP contribution in [-0.2, 0) is 6.42 Å². The van der Waals surface area contributed by atoms with Crippen molar-refractivity contribution in [3.63, 3.8) is 0 Å². The van der Waals surface area contributed by atoms with Gasteiger partial charge in [-0.15, -0.1) is 11.3 Å². The Morgan fingerprint density at radius 3 is 3.06 bits per heavy atom. The first-order valence-electron chi connectivity index (χ1n) is 6.02. The van der Waals surface area contributed by atoms with Gasteiger partial charge in [0.1, 0.15) is 0 Å². The lowest BCUT2D eigenvalue weighted by Crippen LogP contribution is -2.50. The van der Waals surface area contributed by atoms with Crippen LogP contribution in [0.2, 0.25) is 0 Å². The summed E-state index contributed by atoms with van der Waals surface area (Å²) in [5.41, 5.74) is 1.24. The molecule has 1 fully saturated rings. The second kappa shape index (κ2) is 5.25. The third-order valence-electron chi connectivity index (χ3n) is 3.22. The van der Waals surface area contributed by atoms with Crippen molar-refractivity contribution in [2.75, 3.05) is 26.7 Å². The molecule has 0 amide bonds. The molecule has 2 heterocycles. The predicted molar refractivity (Wildman–Crippen MR) is 69.2 cm³/mol. The van der Waals surface area contributed by atoms with E-state index < -0.39 is 0 Å². The van der Waals surface area contributed by atoms with Crippen LogP contribution in [0.1, 0.15) is 30.5 Å². The number of aromatic nitrogens is 1. The lowest BCUT2D eigenvalue weighted by atomic mass is 10.1. The third-order valence-corrected chi connectivity index (χ3v) is 4.11. The average molecular weight is 239 g/mol. The Bertz CT molecular complexity index is 335. The van der Waals surface area contributed by atoms with Gasteiger partial charge >= 0.3 is 0 Å². The second-order valence-electron chi connectivity index (χ2n) is 4.86. The van der Waals surface area contributed by atoms with E-state index in [1.807, 2.05) is 11.3 Å². The highest BCUT2D eigenvalue weighted by Gasteiger charge is 2.20. The molecule has 0 radical (unpaired) electrons. The van der Waals surface area contributed by atoms with Gasteiger partial charge in [-0.05, 0) is 13.0 Å². The van der Waals surface area contributed by atoms with Gasteiger partial charge in [-0.3, -0.25) is 0 Å². The summed E-state index contributed by atoms with van der Waals surface area (Å²) in [7, 11) is 2.21. The molecule has 1 aliphatic heterocycles. The van der Waals surface area contributed by atoms with E-state index in [1.54, 1.807) is 0 Å². The Morgan fingerprint density at radius 1 is 1.62 bits per heavy atom. The van der Waals surface area contributed by atoms with Crippen LogP contribution in [0, 0.1) is 0 Å². The second-order valence-corrected chi connectivity index (χ2v) is 5.81. The largest absolute Gasteiger partial charge is 0.314 e.